The number of rotatable bonds is 13. The molecule has 0 aromatic heterocycles. The second-order valence-corrected chi connectivity index (χ2v) is 9.90. The Kier molecular flexibility index (Phi) is 7.66. The van der Waals surface area contributed by atoms with Gasteiger partial charge in [-0.25, -0.2) is 0 Å². The minimum absolute atomic E-state index is 0.257. The lowest BCUT2D eigenvalue weighted by Crippen LogP contribution is -2.04. The number of hydrogen-bond acceptors (Lipinski definition) is 6. The van der Waals surface area contributed by atoms with Crippen LogP contribution >= 0.6 is 0 Å². The van der Waals surface area contributed by atoms with Gasteiger partial charge in [0.15, 0.2) is 0 Å². The van der Waals surface area contributed by atoms with E-state index >= 15 is 0 Å². The van der Waals surface area contributed by atoms with E-state index in [9.17, 15) is 0 Å². The van der Waals surface area contributed by atoms with Crippen molar-refractivity contribution in [2.45, 2.75) is 32.3 Å². The van der Waals surface area contributed by atoms with E-state index in [2.05, 4.69) is 31.2 Å². The first-order valence-corrected chi connectivity index (χ1v) is 13.3. The standard InChI is InChI=1S/C33H32O6/c1-23-16-27(8-15-33(23)39-18-25-4-11-29(12-5-25)36-20-32-22-38-32)26-6-13-30(14-7-26)34-17-24-2-9-28(10-3-24)35-19-31-21-37-31/h2-16,31-32H,17-22H2,1H3. The number of epoxide rings is 2. The normalized spacial score (nSPS) is 17.4. The van der Waals surface area contributed by atoms with E-state index < -0.39 is 0 Å². The summed E-state index contributed by atoms with van der Waals surface area (Å²) in [6.45, 7) is 5.90. The van der Waals surface area contributed by atoms with Crippen LogP contribution in [0.4, 0.5) is 0 Å². The molecular formula is C33H32O6. The van der Waals surface area contributed by atoms with Gasteiger partial charge >= 0.3 is 0 Å². The van der Waals surface area contributed by atoms with Crippen molar-refractivity contribution < 1.29 is 28.4 Å². The van der Waals surface area contributed by atoms with Crippen LogP contribution in [0.2, 0.25) is 0 Å². The zero-order valence-corrected chi connectivity index (χ0v) is 22.0. The van der Waals surface area contributed by atoms with E-state index in [-0.39, 0.29) is 12.2 Å². The average molecular weight is 525 g/mol. The molecule has 6 rings (SSSR count). The Hall–Kier alpha value is -4.00. The highest BCUT2D eigenvalue weighted by atomic mass is 16.6. The molecule has 200 valence electrons. The molecule has 0 saturated carbocycles. The first kappa shape index (κ1) is 25.3. The fraction of sp³-hybridized carbons (Fsp3) is 0.273. The third-order valence-corrected chi connectivity index (χ3v) is 6.69. The van der Waals surface area contributed by atoms with Crippen LogP contribution in [0, 0.1) is 6.92 Å². The Morgan fingerprint density at radius 1 is 0.564 bits per heavy atom. The number of benzene rings is 4. The van der Waals surface area contributed by atoms with Gasteiger partial charge in [-0.15, -0.1) is 0 Å². The van der Waals surface area contributed by atoms with Gasteiger partial charge in [-0.3, -0.25) is 0 Å². The molecule has 6 nitrogen and oxygen atoms in total. The maximum atomic E-state index is 6.09. The third kappa shape index (κ3) is 7.31. The molecule has 2 saturated heterocycles. The summed E-state index contributed by atoms with van der Waals surface area (Å²) in [6.07, 6.45) is 0.515. The fourth-order valence-corrected chi connectivity index (χ4v) is 4.13. The number of hydrogen-bond donors (Lipinski definition) is 0. The van der Waals surface area contributed by atoms with Crippen molar-refractivity contribution in [1.82, 2.24) is 0 Å². The van der Waals surface area contributed by atoms with E-state index in [1.54, 1.807) is 0 Å². The topological polar surface area (TPSA) is 62.0 Å². The quantitative estimate of drug-likeness (QED) is 0.189. The molecule has 39 heavy (non-hydrogen) atoms. The van der Waals surface area contributed by atoms with E-state index in [1.165, 1.54) is 0 Å². The molecule has 0 N–H and O–H groups in total. The predicted octanol–water partition coefficient (Wildman–Crippen LogP) is 6.38. The van der Waals surface area contributed by atoms with Crippen molar-refractivity contribution >= 4 is 0 Å². The van der Waals surface area contributed by atoms with Crippen molar-refractivity contribution in [2.24, 2.45) is 0 Å². The van der Waals surface area contributed by atoms with Gasteiger partial charge in [0.2, 0.25) is 0 Å². The van der Waals surface area contributed by atoms with Crippen molar-refractivity contribution in [3.8, 4) is 34.1 Å². The van der Waals surface area contributed by atoms with E-state index in [4.69, 9.17) is 28.4 Å². The Labute approximate surface area is 229 Å². The van der Waals surface area contributed by atoms with Gasteiger partial charge in [0.05, 0.1) is 13.2 Å². The highest BCUT2D eigenvalue weighted by Crippen LogP contribution is 2.29. The lowest BCUT2D eigenvalue weighted by Gasteiger charge is -2.12. The van der Waals surface area contributed by atoms with Crippen LogP contribution in [0.1, 0.15) is 16.7 Å². The number of aryl methyl sites for hydroxylation is 1. The highest BCUT2D eigenvalue weighted by Gasteiger charge is 2.23. The zero-order valence-electron chi connectivity index (χ0n) is 22.0. The maximum Gasteiger partial charge on any atom is 0.122 e. The Balaban J connectivity index is 0.984. The van der Waals surface area contributed by atoms with Crippen LogP contribution in [0.15, 0.2) is 91.0 Å². The van der Waals surface area contributed by atoms with E-state index in [0.29, 0.717) is 26.4 Å². The van der Waals surface area contributed by atoms with Gasteiger partial charge in [-0.05, 0) is 83.3 Å². The Morgan fingerprint density at radius 3 is 1.54 bits per heavy atom. The smallest absolute Gasteiger partial charge is 0.122 e. The van der Waals surface area contributed by atoms with Crippen molar-refractivity contribution in [3.05, 3.63) is 108 Å². The molecule has 2 aliphatic heterocycles. The van der Waals surface area contributed by atoms with Crippen molar-refractivity contribution in [2.75, 3.05) is 26.4 Å². The summed E-state index contributed by atoms with van der Waals surface area (Å²) >= 11 is 0. The van der Waals surface area contributed by atoms with Gasteiger partial charge in [0, 0.05) is 0 Å². The summed E-state index contributed by atoms with van der Waals surface area (Å²) in [5.74, 6) is 3.41. The molecule has 0 spiro atoms. The molecule has 0 aliphatic carbocycles. The van der Waals surface area contributed by atoms with Crippen molar-refractivity contribution in [1.29, 1.82) is 0 Å². The van der Waals surface area contributed by atoms with E-state index in [1.807, 2.05) is 66.7 Å². The summed E-state index contributed by atoms with van der Waals surface area (Å²) in [7, 11) is 0. The largest absolute Gasteiger partial charge is 0.491 e. The van der Waals surface area contributed by atoms with Crippen LogP contribution in [0.5, 0.6) is 23.0 Å². The molecule has 4 aromatic carbocycles. The minimum atomic E-state index is 0.257. The van der Waals surface area contributed by atoms with E-state index in [0.717, 1.165) is 64.0 Å². The average Bonchev–Trinajstić information content (AvgIpc) is 3.91. The van der Waals surface area contributed by atoms with Gasteiger partial charge in [0.25, 0.3) is 0 Å². The predicted molar refractivity (Wildman–Crippen MR) is 149 cm³/mol. The molecule has 2 heterocycles. The first-order valence-electron chi connectivity index (χ1n) is 13.3. The van der Waals surface area contributed by atoms with Crippen LogP contribution in [0.25, 0.3) is 11.1 Å². The minimum Gasteiger partial charge on any atom is -0.491 e. The lowest BCUT2D eigenvalue weighted by atomic mass is 10.0. The van der Waals surface area contributed by atoms with Crippen LogP contribution in [-0.4, -0.2) is 38.6 Å². The second kappa shape index (κ2) is 11.8. The summed E-state index contributed by atoms with van der Waals surface area (Å²) in [5.41, 5.74) is 5.55. The monoisotopic (exact) mass is 524 g/mol. The molecule has 0 amide bonds. The Morgan fingerprint density at radius 2 is 1.03 bits per heavy atom. The van der Waals surface area contributed by atoms with Gasteiger partial charge in [0.1, 0.15) is 61.6 Å². The van der Waals surface area contributed by atoms with Gasteiger partial charge < -0.3 is 28.4 Å². The molecule has 6 heteroatoms. The zero-order chi connectivity index (χ0) is 26.4. The second-order valence-electron chi connectivity index (χ2n) is 9.90. The lowest BCUT2D eigenvalue weighted by molar-refractivity contribution is 0.262. The molecular weight excluding hydrogens is 492 g/mol. The van der Waals surface area contributed by atoms with Gasteiger partial charge in [-0.1, -0.05) is 42.5 Å². The third-order valence-electron chi connectivity index (χ3n) is 6.69. The molecule has 2 unspecified atom stereocenters. The number of ether oxygens (including phenoxy) is 6. The van der Waals surface area contributed by atoms with Gasteiger partial charge in [-0.2, -0.15) is 0 Å². The molecule has 0 bridgehead atoms. The maximum absolute atomic E-state index is 6.09. The summed E-state index contributed by atoms with van der Waals surface area (Å²) < 4.78 is 33.8. The van der Waals surface area contributed by atoms with Crippen molar-refractivity contribution in [3.63, 3.8) is 0 Å². The first-order chi connectivity index (χ1) is 19.2. The SMILES string of the molecule is Cc1cc(-c2ccc(OCc3ccc(OCC4CO4)cc3)cc2)ccc1OCc1ccc(OCC2CO2)cc1. The van der Waals surface area contributed by atoms with Crippen LogP contribution < -0.4 is 18.9 Å². The highest BCUT2D eigenvalue weighted by molar-refractivity contribution is 5.66. The van der Waals surface area contributed by atoms with Crippen LogP contribution in [-0.2, 0) is 22.7 Å². The molecule has 0 radical (unpaired) electrons. The summed E-state index contributed by atoms with van der Waals surface area (Å²) in [4.78, 5) is 0. The summed E-state index contributed by atoms with van der Waals surface area (Å²) in [6, 6.07) is 30.5. The van der Waals surface area contributed by atoms with Crippen LogP contribution in [0.3, 0.4) is 0 Å². The molecule has 2 fully saturated rings. The molecule has 2 aliphatic rings. The Bertz CT molecular complexity index is 1360. The summed E-state index contributed by atoms with van der Waals surface area (Å²) in [5, 5.41) is 0. The fourth-order valence-electron chi connectivity index (χ4n) is 4.13. The molecule has 4 aromatic rings. The molecule has 2 atom stereocenters.